The lowest BCUT2D eigenvalue weighted by molar-refractivity contribution is 0.373. The molecule has 136 valence electrons. The van der Waals surface area contributed by atoms with Crippen LogP contribution in [-0.2, 0) is 0 Å². The summed E-state index contributed by atoms with van der Waals surface area (Å²) in [6, 6.07) is 11.6. The van der Waals surface area contributed by atoms with Gasteiger partial charge in [-0.3, -0.25) is 5.10 Å². The van der Waals surface area contributed by atoms with Gasteiger partial charge in [0.05, 0.1) is 36.3 Å². The number of nitrogens with two attached hydrogens (primary N) is 1. The lowest BCUT2D eigenvalue weighted by atomic mass is 9.83. The molecule has 0 fully saturated rings. The summed E-state index contributed by atoms with van der Waals surface area (Å²) in [4.78, 5) is 0.983. The summed E-state index contributed by atoms with van der Waals surface area (Å²) in [6.45, 7) is 0. The molecule has 3 N–H and O–H groups in total. The molecule has 3 aromatic rings. The van der Waals surface area contributed by atoms with Crippen molar-refractivity contribution < 1.29 is 14.2 Å². The van der Waals surface area contributed by atoms with E-state index in [1.54, 1.807) is 37.7 Å². The maximum atomic E-state index is 9.80. The number of fused-ring (bicyclic) bond motifs is 1. The molecule has 0 radical (unpaired) electrons. The van der Waals surface area contributed by atoms with Crippen molar-refractivity contribution in [1.82, 2.24) is 10.2 Å². The number of nitrogens with one attached hydrogen (secondary N) is 1. The number of nitrogens with zero attached hydrogens (tertiary/aromatic N) is 2. The summed E-state index contributed by atoms with van der Waals surface area (Å²) in [5, 5.41) is 19.1. The van der Waals surface area contributed by atoms with Crippen molar-refractivity contribution in [3.63, 3.8) is 0 Å². The van der Waals surface area contributed by atoms with Gasteiger partial charge in [-0.25, -0.2) is 0 Å². The molecule has 1 aromatic carbocycles. The average Bonchev–Trinajstić information content (AvgIpc) is 3.35. The maximum Gasteiger partial charge on any atom is 0.244 e. The third-order valence-corrected chi connectivity index (χ3v) is 5.34. The molecular weight excluding hydrogens is 364 g/mol. The molecule has 3 heterocycles. The van der Waals surface area contributed by atoms with E-state index in [0.717, 1.165) is 21.7 Å². The second kappa shape index (κ2) is 6.70. The summed E-state index contributed by atoms with van der Waals surface area (Å²) in [7, 11) is 3.17. The molecule has 8 heteroatoms. The molecule has 1 atom stereocenters. The van der Waals surface area contributed by atoms with E-state index in [1.165, 1.54) is 0 Å². The number of thiophene rings is 1. The molecule has 2 aromatic heterocycles. The Morgan fingerprint density at radius 3 is 2.81 bits per heavy atom. The van der Waals surface area contributed by atoms with Crippen molar-refractivity contribution in [3.8, 4) is 34.0 Å². The van der Waals surface area contributed by atoms with Crippen molar-refractivity contribution in [2.45, 2.75) is 5.92 Å². The van der Waals surface area contributed by atoms with Crippen LogP contribution in [0, 0.1) is 11.3 Å². The van der Waals surface area contributed by atoms with Crippen LogP contribution in [-0.4, -0.2) is 24.4 Å². The molecule has 0 amide bonds. The largest absolute Gasteiger partial charge is 0.497 e. The Labute approximate surface area is 159 Å². The summed E-state index contributed by atoms with van der Waals surface area (Å²) in [5.41, 5.74) is 8.62. The Hall–Kier alpha value is -3.44. The van der Waals surface area contributed by atoms with Gasteiger partial charge in [0.1, 0.15) is 23.1 Å². The molecule has 0 unspecified atom stereocenters. The van der Waals surface area contributed by atoms with Crippen LogP contribution in [0.5, 0.6) is 17.4 Å². The fourth-order valence-corrected chi connectivity index (χ4v) is 3.96. The summed E-state index contributed by atoms with van der Waals surface area (Å²) in [6.07, 6.45) is 0. The van der Waals surface area contributed by atoms with E-state index >= 15 is 0 Å². The molecule has 7 nitrogen and oxygen atoms in total. The van der Waals surface area contributed by atoms with Crippen LogP contribution >= 0.6 is 11.3 Å². The Balaban J connectivity index is 2.00. The minimum Gasteiger partial charge on any atom is -0.497 e. The number of benzene rings is 1. The quantitative estimate of drug-likeness (QED) is 0.719. The summed E-state index contributed by atoms with van der Waals surface area (Å²) in [5.74, 6) is 1.15. The van der Waals surface area contributed by atoms with E-state index in [0.29, 0.717) is 23.0 Å². The number of nitriles is 1. The number of aromatic nitrogens is 2. The number of aromatic amines is 1. The molecule has 0 aliphatic carbocycles. The van der Waals surface area contributed by atoms with Crippen LogP contribution in [0.3, 0.4) is 0 Å². The number of allylic oxidation sites excluding steroid dienone is 1. The van der Waals surface area contributed by atoms with Crippen molar-refractivity contribution in [2.75, 3.05) is 14.2 Å². The first kappa shape index (κ1) is 17.0. The van der Waals surface area contributed by atoms with Crippen LogP contribution in [0.1, 0.15) is 17.0 Å². The highest BCUT2D eigenvalue weighted by Gasteiger charge is 2.37. The first-order valence-corrected chi connectivity index (χ1v) is 8.97. The standard InChI is InChI=1S/C19H16N4O3S/c1-24-10-5-6-13(25-2)11(8-10)15-12(9-20)18(21)26-19-16(15)17(22-23-19)14-4-3-7-27-14/h3-8,15H,21H2,1-2H3,(H,22,23)/t15-/m0/s1. The van der Waals surface area contributed by atoms with Crippen molar-refractivity contribution >= 4 is 11.3 Å². The lowest BCUT2D eigenvalue weighted by Gasteiger charge is -2.25. The van der Waals surface area contributed by atoms with E-state index in [2.05, 4.69) is 16.3 Å². The molecule has 0 bridgehead atoms. The summed E-state index contributed by atoms with van der Waals surface area (Å²) >= 11 is 1.56. The van der Waals surface area contributed by atoms with Gasteiger partial charge in [-0.05, 0) is 29.6 Å². The molecule has 27 heavy (non-hydrogen) atoms. The van der Waals surface area contributed by atoms with E-state index in [1.807, 2.05) is 23.6 Å². The third-order valence-electron chi connectivity index (χ3n) is 4.45. The Morgan fingerprint density at radius 1 is 1.30 bits per heavy atom. The SMILES string of the molecule is COc1ccc(OC)c([C@H]2C(C#N)=C(N)Oc3n[nH]c(-c4cccs4)c32)c1. The highest BCUT2D eigenvalue weighted by molar-refractivity contribution is 7.13. The minimum absolute atomic E-state index is 0.0316. The van der Waals surface area contributed by atoms with Gasteiger partial charge in [0.2, 0.25) is 11.8 Å². The van der Waals surface area contributed by atoms with Crippen molar-refractivity contribution in [2.24, 2.45) is 5.73 Å². The highest BCUT2D eigenvalue weighted by atomic mass is 32.1. The third kappa shape index (κ3) is 2.69. The predicted molar refractivity (Wildman–Crippen MR) is 101 cm³/mol. The number of methoxy groups -OCH3 is 2. The molecule has 1 aliphatic heterocycles. The van der Waals surface area contributed by atoms with Gasteiger partial charge in [0, 0.05) is 5.56 Å². The Morgan fingerprint density at radius 2 is 2.15 bits per heavy atom. The van der Waals surface area contributed by atoms with Gasteiger partial charge in [0.25, 0.3) is 0 Å². The van der Waals surface area contributed by atoms with Gasteiger partial charge in [-0.2, -0.15) is 5.26 Å². The number of hydrogen-bond acceptors (Lipinski definition) is 7. The molecule has 0 saturated carbocycles. The topological polar surface area (TPSA) is 106 Å². The van der Waals surface area contributed by atoms with Crippen molar-refractivity contribution in [1.29, 1.82) is 5.26 Å². The maximum absolute atomic E-state index is 9.80. The van der Waals surface area contributed by atoms with Gasteiger partial charge < -0.3 is 19.9 Å². The second-order valence-corrected chi connectivity index (χ2v) is 6.78. The fourth-order valence-electron chi connectivity index (χ4n) is 3.23. The lowest BCUT2D eigenvalue weighted by Crippen LogP contribution is -2.21. The monoisotopic (exact) mass is 380 g/mol. The number of ether oxygens (including phenoxy) is 3. The van der Waals surface area contributed by atoms with Crippen LogP contribution < -0.4 is 19.9 Å². The molecule has 0 spiro atoms. The zero-order chi connectivity index (χ0) is 19.0. The zero-order valence-electron chi connectivity index (χ0n) is 14.6. The number of H-pyrrole nitrogens is 1. The zero-order valence-corrected chi connectivity index (χ0v) is 15.5. The molecule has 1 aliphatic rings. The smallest absolute Gasteiger partial charge is 0.244 e. The van der Waals surface area contributed by atoms with E-state index in [4.69, 9.17) is 19.9 Å². The Bertz CT molecular complexity index is 1060. The van der Waals surface area contributed by atoms with Gasteiger partial charge in [-0.1, -0.05) is 6.07 Å². The van der Waals surface area contributed by atoms with Crippen molar-refractivity contribution in [3.05, 3.63) is 58.3 Å². The highest BCUT2D eigenvalue weighted by Crippen LogP contribution is 2.49. The number of hydrogen-bond donors (Lipinski definition) is 2. The van der Waals surface area contributed by atoms with Gasteiger partial charge in [0.15, 0.2) is 0 Å². The Kier molecular flexibility index (Phi) is 4.22. The first-order chi connectivity index (χ1) is 13.2. The van der Waals surface area contributed by atoms with Crippen LogP contribution in [0.15, 0.2) is 47.2 Å². The fraction of sp³-hybridized carbons (Fsp3) is 0.158. The predicted octanol–water partition coefficient (Wildman–Crippen LogP) is 3.37. The van der Waals surface area contributed by atoms with Crippen LogP contribution in [0.25, 0.3) is 10.6 Å². The normalized spacial score (nSPS) is 15.7. The average molecular weight is 380 g/mol. The summed E-state index contributed by atoms with van der Waals surface area (Å²) < 4.78 is 16.5. The minimum atomic E-state index is -0.500. The number of rotatable bonds is 4. The van der Waals surface area contributed by atoms with Crippen LogP contribution in [0.2, 0.25) is 0 Å². The van der Waals surface area contributed by atoms with Crippen LogP contribution in [0.4, 0.5) is 0 Å². The van der Waals surface area contributed by atoms with Gasteiger partial charge in [-0.15, -0.1) is 16.4 Å². The second-order valence-electron chi connectivity index (χ2n) is 5.83. The van der Waals surface area contributed by atoms with E-state index < -0.39 is 5.92 Å². The van der Waals surface area contributed by atoms with E-state index in [-0.39, 0.29) is 5.88 Å². The van der Waals surface area contributed by atoms with E-state index in [9.17, 15) is 5.26 Å². The van der Waals surface area contributed by atoms with Gasteiger partial charge >= 0.3 is 0 Å². The molecule has 0 saturated heterocycles. The molecular formula is C19H16N4O3S. The molecule has 4 rings (SSSR count). The first-order valence-electron chi connectivity index (χ1n) is 8.09.